The Bertz CT molecular complexity index is 2510. The number of nitrogens with zero attached hydrogens (tertiary/aromatic N) is 2. The Morgan fingerprint density at radius 2 is 1.04 bits per heavy atom. The average molecular weight is 605 g/mol. The maximum Gasteiger partial charge on any atom is 0.227 e. The van der Waals surface area contributed by atoms with E-state index in [1.807, 2.05) is 60.7 Å². The summed E-state index contributed by atoms with van der Waals surface area (Å²) in [6.45, 7) is 0. The van der Waals surface area contributed by atoms with Crippen molar-refractivity contribution in [3.05, 3.63) is 170 Å². The summed E-state index contributed by atoms with van der Waals surface area (Å²) in [6, 6.07) is 58.7. The summed E-state index contributed by atoms with van der Waals surface area (Å²) in [6.07, 6.45) is 0. The Morgan fingerprint density at radius 3 is 1.87 bits per heavy atom. The lowest BCUT2D eigenvalue weighted by Crippen LogP contribution is -2.10. The van der Waals surface area contributed by atoms with E-state index < -0.39 is 0 Å². The lowest BCUT2D eigenvalue weighted by molar-refractivity contribution is 0.621. The number of hydrogen-bond acceptors (Lipinski definition) is 4. The van der Waals surface area contributed by atoms with Crippen LogP contribution < -0.4 is 4.90 Å². The molecule has 0 atom stereocenters. The van der Waals surface area contributed by atoms with Crippen LogP contribution in [0.15, 0.2) is 179 Å². The van der Waals surface area contributed by atoms with Gasteiger partial charge < -0.3 is 13.7 Å². The fraction of sp³-hybridized carbons (Fsp3) is 0. The molecule has 0 fully saturated rings. The van der Waals surface area contributed by atoms with Gasteiger partial charge in [0.2, 0.25) is 5.89 Å². The minimum absolute atomic E-state index is 0.616. The third-order valence-electron chi connectivity index (χ3n) is 8.70. The maximum atomic E-state index is 6.41. The second kappa shape index (κ2) is 11.2. The van der Waals surface area contributed by atoms with Crippen LogP contribution in [0.1, 0.15) is 0 Å². The lowest BCUT2D eigenvalue weighted by Gasteiger charge is -2.26. The molecule has 4 heteroatoms. The summed E-state index contributed by atoms with van der Waals surface area (Å²) >= 11 is 0. The Kier molecular flexibility index (Phi) is 6.43. The first kappa shape index (κ1) is 27.0. The molecule has 0 saturated carbocycles. The van der Waals surface area contributed by atoms with Crippen LogP contribution in [0.5, 0.6) is 0 Å². The highest BCUT2D eigenvalue weighted by Crippen LogP contribution is 2.41. The van der Waals surface area contributed by atoms with E-state index >= 15 is 0 Å². The van der Waals surface area contributed by atoms with E-state index in [0.29, 0.717) is 5.89 Å². The molecule has 0 aliphatic rings. The molecule has 0 N–H and O–H groups in total. The van der Waals surface area contributed by atoms with Gasteiger partial charge in [-0.1, -0.05) is 103 Å². The standard InChI is InChI=1S/C43H28N2O2/c1-3-11-29(12-4-1)30-21-23-33(24-22-30)45(35-25-26-41-38(28-35)37-17-7-8-20-40(37)46-41)34-16-9-15-32(27-34)36-18-10-19-39-42(36)47-43(44-39)31-13-5-2-6-14-31/h1-28H. The van der Waals surface area contributed by atoms with Gasteiger partial charge in [0.1, 0.15) is 16.7 Å². The Labute approximate surface area is 271 Å². The Balaban J connectivity index is 1.19. The summed E-state index contributed by atoms with van der Waals surface area (Å²) in [5.41, 5.74) is 11.8. The van der Waals surface area contributed by atoms with Crippen LogP contribution in [0.4, 0.5) is 17.1 Å². The SMILES string of the molecule is c1ccc(-c2ccc(N(c3cccc(-c4cccc5nc(-c6ccccc6)oc45)c3)c3ccc4oc5ccccc5c4c3)cc2)cc1. The number of fused-ring (bicyclic) bond motifs is 4. The van der Waals surface area contributed by atoms with Gasteiger partial charge >= 0.3 is 0 Å². The lowest BCUT2D eigenvalue weighted by atomic mass is 10.0. The average Bonchev–Trinajstić information content (AvgIpc) is 3.75. The highest BCUT2D eigenvalue weighted by Gasteiger charge is 2.18. The van der Waals surface area contributed by atoms with Crippen LogP contribution in [0.3, 0.4) is 0 Å². The molecule has 0 radical (unpaired) electrons. The first-order valence-corrected chi connectivity index (χ1v) is 15.7. The monoisotopic (exact) mass is 604 g/mol. The van der Waals surface area contributed by atoms with Gasteiger partial charge in [-0.25, -0.2) is 4.98 Å². The summed E-state index contributed by atoms with van der Waals surface area (Å²) < 4.78 is 12.6. The van der Waals surface area contributed by atoms with Crippen molar-refractivity contribution in [1.29, 1.82) is 0 Å². The largest absolute Gasteiger partial charge is 0.456 e. The molecular weight excluding hydrogens is 576 g/mol. The number of aromatic nitrogens is 1. The highest BCUT2D eigenvalue weighted by molar-refractivity contribution is 6.06. The molecule has 9 rings (SSSR count). The van der Waals surface area contributed by atoms with Gasteiger partial charge in [0.05, 0.1) is 0 Å². The van der Waals surface area contributed by atoms with Crippen molar-refractivity contribution in [2.24, 2.45) is 0 Å². The second-order valence-corrected chi connectivity index (χ2v) is 11.6. The van der Waals surface area contributed by atoms with Gasteiger partial charge in [-0.2, -0.15) is 0 Å². The van der Waals surface area contributed by atoms with Crippen LogP contribution in [0.2, 0.25) is 0 Å². The minimum atomic E-state index is 0.616. The van der Waals surface area contributed by atoms with Crippen molar-refractivity contribution in [2.45, 2.75) is 0 Å². The van der Waals surface area contributed by atoms with Crippen molar-refractivity contribution in [3.8, 4) is 33.7 Å². The zero-order chi connectivity index (χ0) is 31.2. The molecule has 0 aliphatic carbocycles. The molecular formula is C43H28N2O2. The molecule has 0 bridgehead atoms. The number of rotatable bonds is 6. The fourth-order valence-electron chi connectivity index (χ4n) is 6.43. The molecule has 0 spiro atoms. The highest BCUT2D eigenvalue weighted by atomic mass is 16.3. The van der Waals surface area contributed by atoms with Crippen molar-refractivity contribution in [2.75, 3.05) is 4.90 Å². The van der Waals surface area contributed by atoms with E-state index in [0.717, 1.165) is 66.8 Å². The number of benzene rings is 7. The van der Waals surface area contributed by atoms with E-state index in [9.17, 15) is 0 Å². The number of para-hydroxylation sites is 2. The maximum absolute atomic E-state index is 6.41. The van der Waals surface area contributed by atoms with Gasteiger partial charge in [-0.15, -0.1) is 0 Å². The Morgan fingerprint density at radius 1 is 0.404 bits per heavy atom. The molecule has 2 aromatic heterocycles. The number of furan rings is 1. The molecule has 0 unspecified atom stereocenters. The second-order valence-electron chi connectivity index (χ2n) is 11.6. The Hall–Kier alpha value is -6.39. The molecule has 9 aromatic rings. The molecule has 2 heterocycles. The van der Waals surface area contributed by atoms with E-state index in [1.54, 1.807) is 0 Å². The van der Waals surface area contributed by atoms with Crippen molar-refractivity contribution in [3.63, 3.8) is 0 Å². The summed E-state index contributed by atoms with van der Waals surface area (Å²) in [5.74, 6) is 0.616. The zero-order valence-electron chi connectivity index (χ0n) is 25.4. The van der Waals surface area contributed by atoms with Gasteiger partial charge in [-0.3, -0.25) is 0 Å². The van der Waals surface area contributed by atoms with E-state index in [2.05, 4.69) is 114 Å². The van der Waals surface area contributed by atoms with Crippen LogP contribution in [0, 0.1) is 0 Å². The first-order valence-electron chi connectivity index (χ1n) is 15.7. The normalized spacial score (nSPS) is 11.4. The van der Waals surface area contributed by atoms with Gasteiger partial charge in [0.15, 0.2) is 5.58 Å². The van der Waals surface area contributed by atoms with Crippen molar-refractivity contribution in [1.82, 2.24) is 4.98 Å². The van der Waals surface area contributed by atoms with Crippen LogP contribution in [0.25, 0.3) is 66.7 Å². The fourth-order valence-corrected chi connectivity index (χ4v) is 6.43. The smallest absolute Gasteiger partial charge is 0.227 e. The molecule has 7 aromatic carbocycles. The molecule has 222 valence electrons. The van der Waals surface area contributed by atoms with E-state index in [4.69, 9.17) is 13.8 Å². The molecule has 0 aliphatic heterocycles. The predicted molar refractivity (Wildman–Crippen MR) is 192 cm³/mol. The predicted octanol–water partition coefficient (Wildman–Crippen LogP) is 12.2. The molecule has 0 saturated heterocycles. The zero-order valence-corrected chi connectivity index (χ0v) is 25.4. The van der Waals surface area contributed by atoms with Crippen LogP contribution >= 0.6 is 0 Å². The van der Waals surface area contributed by atoms with E-state index in [-0.39, 0.29) is 0 Å². The third-order valence-corrected chi connectivity index (χ3v) is 8.70. The third kappa shape index (κ3) is 4.84. The summed E-state index contributed by atoms with van der Waals surface area (Å²) in [5, 5.41) is 2.18. The van der Waals surface area contributed by atoms with Crippen molar-refractivity contribution >= 4 is 50.1 Å². The molecule has 47 heavy (non-hydrogen) atoms. The van der Waals surface area contributed by atoms with Gasteiger partial charge in [-0.05, 0) is 83.4 Å². The van der Waals surface area contributed by atoms with Crippen LogP contribution in [-0.4, -0.2) is 4.98 Å². The van der Waals surface area contributed by atoms with E-state index in [1.165, 1.54) is 11.1 Å². The topological polar surface area (TPSA) is 42.4 Å². The first-order chi connectivity index (χ1) is 23.3. The minimum Gasteiger partial charge on any atom is -0.456 e. The quantitative estimate of drug-likeness (QED) is 0.189. The molecule has 0 amide bonds. The summed E-state index contributed by atoms with van der Waals surface area (Å²) in [4.78, 5) is 7.12. The number of oxazole rings is 1. The van der Waals surface area contributed by atoms with Crippen molar-refractivity contribution < 1.29 is 8.83 Å². The van der Waals surface area contributed by atoms with Gasteiger partial charge in [0, 0.05) is 39.0 Å². The van der Waals surface area contributed by atoms with Gasteiger partial charge in [0.25, 0.3) is 0 Å². The number of anilines is 3. The molecule has 4 nitrogen and oxygen atoms in total. The van der Waals surface area contributed by atoms with Crippen LogP contribution in [-0.2, 0) is 0 Å². The number of hydrogen-bond donors (Lipinski definition) is 0. The summed E-state index contributed by atoms with van der Waals surface area (Å²) in [7, 11) is 0.